The lowest BCUT2D eigenvalue weighted by molar-refractivity contribution is 0.829. The number of fused-ring (bicyclic) bond motifs is 1. The van der Waals surface area contributed by atoms with E-state index in [4.69, 9.17) is 0 Å². The summed E-state index contributed by atoms with van der Waals surface area (Å²) in [5, 5.41) is 3.48. The molecule has 0 atom stereocenters. The Morgan fingerprint density at radius 1 is 1.10 bits per heavy atom. The van der Waals surface area contributed by atoms with E-state index in [1.165, 1.54) is 17.7 Å². The van der Waals surface area contributed by atoms with E-state index in [0.717, 1.165) is 29.9 Å². The van der Waals surface area contributed by atoms with Gasteiger partial charge in [-0.15, -0.1) is 0 Å². The minimum atomic E-state index is 1.05. The molecule has 21 heavy (non-hydrogen) atoms. The van der Waals surface area contributed by atoms with Crippen LogP contribution >= 0.6 is 0 Å². The summed E-state index contributed by atoms with van der Waals surface area (Å²) in [7, 11) is 0. The molecular weight excluding hydrogens is 260 g/mol. The van der Waals surface area contributed by atoms with E-state index in [0.29, 0.717) is 0 Å². The topological polar surface area (TPSA) is 42.7 Å². The van der Waals surface area contributed by atoms with E-state index in [-0.39, 0.29) is 0 Å². The third-order valence-corrected chi connectivity index (χ3v) is 3.91. The molecule has 0 aliphatic carbocycles. The fraction of sp³-hybridized carbons (Fsp3) is 0.176. The van der Waals surface area contributed by atoms with Crippen molar-refractivity contribution in [2.75, 3.05) is 11.9 Å². The first-order valence-electron chi connectivity index (χ1n) is 7.22. The van der Waals surface area contributed by atoms with Crippen molar-refractivity contribution in [2.24, 2.45) is 0 Å². The van der Waals surface area contributed by atoms with Crippen LogP contribution in [0.4, 0.5) is 5.69 Å². The number of benzene rings is 1. The fourth-order valence-corrected chi connectivity index (χ4v) is 2.83. The molecule has 2 aromatic heterocycles. The van der Waals surface area contributed by atoms with Crippen LogP contribution in [0.15, 0.2) is 55.2 Å². The van der Waals surface area contributed by atoms with Crippen molar-refractivity contribution in [1.29, 1.82) is 0 Å². The minimum absolute atomic E-state index is 1.05. The molecule has 3 aromatic rings. The number of pyridine rings is 1. The molecule has 0 fully saturated rings. The number of hydrogen-bond donors (Lipinski definition) is 1. The molecule has 104 valence electrons. The van der Waals surface area contributed by atoms with Crippen molar-refractivity contribution in [3.05, 3.63) is 60.8 Å². The molecule has 0 bridgehead atoms. The number of anilines is 1. The highest BCUT2D eigenvalue weighted by Gasteiger charge is 2.12. The summed E-state index contributed by atoms with van der Waals surface area (Å²) >= 11 is 0. The van der Waals surface area contributed by atoms with Gasteiger partial charge in [-0.3, -0.25) is 9.55 Å². The molecule has 4 rings (SSSR count). The number of rotatable bonds is 2. The molecule has 4 nitrogen and oxygen atoms in total. The van der Waals surface area contributed by atoms with E-state index in [1.54, 1.807) is 6.20 Å². The third-order valence-electron chi connectivity index (χ3n) is 3.91. The van der Waals surface area contributed by atoms with Gasteiger partial charge in [-0.25, -0.2) is 4.98 Å². The zero-order valence-corrected chi connectivity index (χ0v) is 11.7. The highest BCUT2D eigenvalue weighted by Crippen LogP contribution is 2.27. The molecule has 1 aliphatic rings. The van der Waals surface area contributed by atoms with E-state index < -0.39 is 0 Å². The average Bonchev–Trinajstić information content (AvgIpc) is 3.05. The summed E-state index contributed by atoms with van der Waals surface area (Å²) in [4.78, 5) is 8.49. The molecule has 0 radical (unpaired) electrons. The highest BCUT2D eigenvalue weighted by molar-refractivity contribution is 5.64. The maximum atomic E-state index is 4.30. The summed E-state index contributed by atoms with van der Waals surface area (Å²) < 4.78 is 2.10. The third kappa shape index (κ3) is 2.18. The summed E-state index contributed by atoms with van der Waals surface area (Å²) in [5.74, 6) is 0. The van der Waals surface area contributed by atoms with Crippen LogP contribution in [0.5, 0.6) is 0 Å². The average molecular weight is 276 g/mol. The molecule has 1 aromatic carbocycles. The SMILES string of the molecule is c1cncc(-c2cncn2-c2ccc3c(c2)NCCC3)c1. The maximum absolute atomic E-state index is 4.30. The van der Waals surface area contributed by atoms with E-state index in [2.05, 4.69) is 44.1 Å². The predicted molar refractivity (Wildman–Crippen MR) is 83.6 cm³/mol. The largest absolute Gasteiger partial charge is 0.385 e. The Labute approximate surface area is 123 Å². The van der Waals surface area contributed by atoms with Crippen molar-refractivity contribution < 1.29 is 0 Å². The summed E-state index contributed by atoms with van der Waals surface area (Å²) in [5.41, 5.74) is 5.89. The Bertz CT molecular complexity index is 761. The Morgan fingerprint density at radius 3 is 3.00 bits per heavy atom. The zero-order valence-electron chi connectivity index (χ0n) is 11.7. The number of aromatic nitrogens is 3. The second-order valence-corrected chi connectivity index (χ2v) is 5.26. The van der Waals surface area contributed by atoms with Gasteiger partial charge in [-0.05, 0) is 42.7 Å². The van der Waals surface area contributed by atoms with Gasteiger partial charge in [0.25, 0.3) is 0 Å². The van der Waals surface area contributed by atoms with Crippen LogP contribution in [0.2, 0.25) is 0 Å². The number of nitrogens with zero attached hydrogens (tertiary/aromatic N) is 3. The van der Waals surface area contributed by atoms with Gasteiger partial charge in [0.15, 0.2) is 0 Å². The minimum Gasteiger partial charge on any atom is -0.385 e. The lowest BCUT2D eigenvalue weighted by Crippen LogP contribution is -2.12. The van der Waals surface area contributed by atoms with Gasteiger partial charge in [0.1, 0.15) is 0 Å². The van der Waals surface area contributed by atoms with Crippen LogP contribution in [0.1, 0.15) is 12.0 Å². The molecule has 3 heterocycles. The Balaban J connectivity index is 1.80. The summed E-state index contributed by atoms with van der Waals surface area (Å²) in [6.07, 6.45) is 9.74. The van der Waals surface area contributed by atoms with Gasteiger partial charge in [0.2, 0.25) is 0 Å². The monoisotopic (exact) mass is 276 g/mol. The smallest absolute Gasteiger partial charge is 0.0997 e. The van der Waals surface area contributed by atoms with Gasteiger partial charge >= 0.3 is 0 Å². The van der Waals surface area contributed by atoms with E-state index in [1.807, 2.05) is 24.8 Å². The number of imidazole rings is 1. The Kier molecular flexibility index (Phi) is 2.92. The van der Waals surface area contributed by atoms with E-state index in [9.17, 15) is 0 Å². The maximum Gasteiger partial charge on any atom is 0.0997 e. The summed E-state index contributed by atoms with van der Waals surface area (Å²) in [6.45, 7) is 1.05. The van der Waals surface area contributed by atoms with Gasteiger partial charge < -0.3 is 5.32 Å². The normalized spacial score (nSPS) is 13.5. The second kappa shape index (κ2) is 5.05. The van der Waals surface area contributed by atoms with Gasteiger partial charge in [0, 0.05) is 35.9 Å². The second-order valence-electron chi connectivity index (χ2n) is 5.26. The Morgan fingerprint density at radius 2 is 2.10 bits per heavy atom. The number of aryl methyl sites for hydroxylation is 1. The molecule has 1 aliphatic heterocycles. The molecule has 0 spiro atoms. The van der Waals surface area contributed by atoms with Crippen LogP contribution in [0, 0.1) is 0 Å². The molecule has 0 unspecified atom stereocenters. The first kappa shape index (κ1) is 12.1. The molecule has 0 saturated heterocycles. The fourth-order valence-electron chi connectivity index (χ4n) is 2.83. The van der Waals surface area contributed by atoms with Gasteiger partial charge in [-0.2, -0.15) is 0 Å². The van der Waals surface area contributed by atoms with Crippen LogP contribution in [-0.2, 0) is 6.42 Å². The van der Waals surface area contributed by atoms with Crippen molar-refractivity contribution >= 4 is 5.69 Å². The molecule has 0 amide bonds. The first-order chi connectivity index (χ1) is 10.4. The van der Waals surface area contributed by atoms with Crippen LogP contribution in [0.25, 0.3) is 16.9 Å². The van der Waals surface area contributed by atoms with Crippen LogP contribution < -0.4 is 5.32 Å². The molecule has 4 heteroatoms. The quantitative estimate of drug-likeness (QED) is 0.781. The number of hydrogen-bond acceptors (Lipinski definition) is 3. The summed E-state index contributed by atoms with van der Waals surface area (Å²) in [6, 6.07) is 10.6. The standard InChI is InChI=1S/C17H16N4/c1-4-14(10-18-7-1)17-11-19-12-21(17)15-6-5-13-3-2-8-20-16(13)9-15/h1,4-7,9-12,20H,2-3,8H2. The lowest BCUT2D eigenvalue weighted by atomic mass is 10.0. The van der Waals surface area contributed by atoms with Crippen molar-refractivity contribution in [2.45, 2.75) is 12.8 Å². The Hall–Kier alpha value is -2.62. The lowest BCUT2D eigenvalue weighted by Gasteiger charge is -2.19. The van der Waals surface area contributed by atoms with Crippen molar-refractivity contribution in [3.63, 3.8) is 0 Å². The van der Waals surface area contributed by atoms with Crippen molar-refractivity contribution in [1.82, 2.24) is 14.5 Å². The predicted octanol–water partition coefficient (Wildman–Crippen LogP) is 3.29. The van der Waals surface area contributed by atoms with E-state index >= 15 is 0 Å². The highest BCUT2D eigenvalue weighted by atomic mass is 15.1. The van der Waals surface area contributed by atoms with Crippen LogP contribution in [0.3, 0.4) is 0 Å². The number of nitrogens with one attached hydrogen (secondary N) is 1. The molecular formula is C17H16N4. The van der Waals surface area contributed by atoms with Gasteiger partial charge in [-0.1, -0.05) is 6.07 Å². The first-order valence-corrected chi connectivity index (χ1v) is 7.22. The molecule has 0 saturated carbocycles. The molecule has 1 N–H and O–H groups in total. The van der Waals surface area contributed by atoms with Crippen LogP contribution in [-0.4, -0.2) is 21.1 Å². The zero-order chi connectivity index (χ0) is 14.1. The van der Waals surface area contributed by atoms with Gasteiger partial charge in [0.05, 0.1) is 18.2 Å². The van der Waals surface area contributed by atoms with Crippen molar-refractivity contribution in [3.8, 4) is 16.9 Å².